The third-order valence-corrected chi connectivity index (χ3v) is 3.13. The van der Waals surface area contributed by atoms with Crippen molar-refractivity contribution in [3.63, 3.8) is 0 Å². The van der Waals surface area contributed by atoms with Gasteiger partial charge < -0.3 is 15.2 Å². The Bertz CT molecular complexity index is 220. The summed E-state index contributed by atoms with van der Waals surface area (Å²) in [4.78, 5) is 11.7. The van der Waals surface area contributed by atoms with Crippen molar-refractivity contribution in [3.05, 3.63) is 0 Å². The quantitative estimate of drug-likeness (QED) is 0.666. The molecule has 0 aromatic heterocycles. The summed E-state index contributed by atoms with van der Waals surface area (Å²) in [6.07, 6.45) is 2.57. The van der Waals surface area contributed by atoms with Gasteiger partial charge in [-0.25, -0.2) is 0 Å². The number of nitrogens with one attached hydrogen (secondary N) is 1. The molecule has 94 valence electrons. The Morgan fingerprint density at radius 2 is 2.38 bits per heavy atom. The molecule has 1 amide bonds. The Hall–Kier alpha value is -0.610. The van der Waals surface area contributed by atoms with Crippen LogP contribution in [0.4, 0.5) is 0 Å². The van der Waals surface area contributed by atoms with Gasteiger partial charge in [0.25, 0.3) is 0 Å². The minimum Gasteiger partial charge on any atom is -0.396 e. The number of amides is 1. The van der Waals surface area contributed by atoms with Crippen molar-refractivity contribution in [3.8, 4) is 0 Å². The number of carbonyl (C=O) groups excluding carboxylic acids is 1. The molecule has 0 aromatic rings. The number of rotatable bonds is 6. The van der Waals surface area contributed by atoms with Gasteiger partial charge in [0.05, 0.1) is 0 Å². The summed E-state index contributed by atoms with van der Waals surface area (Å²) in [5.41, 5.74) is 0. The zero-order valence-corrected chi connectivity index (χ0v) is 10.2. The standard InChI is InChI=1S/C12H23NO3/c1-9(8-14)4-3-6-13-12(15)11-10(2)5-7-16-11/h9-11,14H,3-8H2,1-2H3,(H,13,15). The van der Waals surface area contributed by atoms with Crippen molar-refractivity contribution in [2.24, 2.45) is 11.8 Å². The highest BCUT2D eigenvalue weighted by Crippen LogP contribution is 2.19. The normalized spacial score (nSPS) is 26.7. The highest BCUT2D eigenvalue weighted by atomic mass is 16.5. The van der Waals surface area contributed by atoms with Crippen molar-refractivity contribution < 1.29 is 14.6 Å². The monoisotopic (exact) mass is 229 g/mol. The van der Waals surface area contributed by atoms with Crippen LogP contribution in [0.3, 0.4) is 0 Å². The van der Waals surface area contributed by atoms with Gasteiger partial charge in [0.2, 0.25) is 5.91 Å². The molecule has 1 aliphatic heterocycles. The second-order valence-electron chi connectivity index (χ2n) is 4.78. The summed E-state index contributed by atoms with van der Waals surface area (Å²) in [5.74, 6) is 0.663. The summed E-state index contributed by atoms with van der Waals surface area (Å²) in [6, 6.07) is 0. The smallest absolute Gasteiger partial charge is 0.249 e. The zero-order valence-electron chi connectivity index (χ0n) is 10.2. The van der Waals surface area contributed by atoms with E-state index in [0.717, 1.165) is 19.3 Å². The highest BCUT2D eigenvalue weighted by molar-refractivity contribution is 5.81. The number of carbonyl (C=O) groups is 1. The molecule has 3 atom stereocenters. The van der Waals surface area contributed by atoms with Gasteiger partial charge in [-0.1, -0.05) is 13.8 Å². The molecule has 0 radical (unpaired) electrons. The van der Waals surface area contributed by atoms with E-state index in [1.54, 1.807) is 0 Å². The van der Waals surface area contributed by atoms with Crippen LogP contribution in [-0.4, -0.2) is 36.9 Å². The Labute approximate surface area is 97.4 Å². The van der Waals surface area contributed by atoms with Crippen LogP contribution < -0.4 is 5.32 Å². The van der Waals surface area contributed by atoms with Crippen molar-refractivity contribution in [2.75, 3.05) is 19.8 Å². The molecule has 1 heterocycles. The number of ether oxygens (including phenoxy) is 1. The molecular formula is C12H23NO3. The van der Waals surface area contributed by atoms with Gasteiger partial charge in [0.1, 0.15) is 6.10 Å². The molecular weight excluding hydrogens is 206 g/mol. The van der Waals surface area contributed by atoms with E-state index in [9.17, 15) is 4.79 Å². The Morgan fingerprint density at radius 3 is 2.94 bits per heavy atom. The number of aliphatic hydroxyl groups is 1. The average Bonchev–Trinajstić information content (AvgIpc) is 2.70. The molecule has 0 saturated carbocycles. The molecule has 0 spiro atoms. The number of aliphatic hydroxyl groups excluding tert-OH is 1. The van der Waals surface area contributed by atoms with E-state index in [1.807, 2.05) is 13.8 Å². The van der Waals surface area contributed by atoms with Crippen molar-refractivity contribution in [2.45, 2.75) is 39.2 Å². The molecule has 1 aliphatic rings. The topological polar surface area (TPSA) is 58.6 Å². The molecule has 4 nitrogen and oxygen atoms in total. The van der Waals surface area contributed by atoms with Crippen LogP contribution >= 0.6 is 0 Å². The van der Waals surface area contributed by atoms with E-state index in [0.29, 0.717) is 25.0 Å². The predicted octanol–water partition coefficient (Wildman–Crippen LogP) is 0.936. The van der Waals surface area contributed by atoms with Gasteiger partial charge >= 0.3 is 0 Å². The Morgan fingerprint density at radius 1 is 1.62 bits per heavy atom. The van der Waals surface area contributed by atoms with Crippen molar-refractivity contribution in [1.82, 2.24) is 5.32 Å². The number of hydrogen-bond donors (Lipinski definition) is 2. The van der Waals surface area contributed by atoms with E-state index < -0.39 is 0 Å². The van der Waals surface area contributed by atoms with E-state index in [2.05, 4.69) is 5.32 Å². The van der Waals surface area contributed by atoms with E-state index in [1.165, 1.54) is 0 Å². The summed E-state index contributed by atoms with van der Waals surface area (Å²) in [5, 5.41) is 11.7. The fourth-order valence-electron chi connectivity index (χ4n) is 1.88. The second kappa shape index (κ2) is 6.86. The van der Waals surface area contributed by atoms with E-state index in [4.69, 9.17) is 9.84 Å². The lowest BCUT2D eigenvalue weighted by molar-refractivity contribution is -0.131. The van der Waals surface area contributed by atoms with Crippen molar-refractivity contribution in [1.29, 1.82) is 0 Å². The number of hydrogen-bond acceptors (Lipinski definition) is 3. The van der Waals surface area contributed by atoms with Crippen LogP contribution in [0.1, 0.15) is 33.1 Å². The molecule has 2 N–H and O–H groups in total. The highest BCUT2D eigenvalue weighted by Gasteiger charge is 2.30. The first-order valence-electron chi connectivity index (χ1n) is 6.15. The first kappa shape index (κ1) is 13.5. The zero-order chi connectivity index (χ0) is 12.0. The Balaban J connectivity index is 2.10. The first-order chi connectivity index (χ1) is 7.65. The fraction of sp³-hybridized carbons (Fsp3) is 0.917. The largest absolute Gasteiger partial charge is 0.396 e. The van der Waals surface area contributed by atoms with Gasteiger partial charge in [-0.15, -0.1) is 0 Å². The SMILES string of the molecule is CC(CO)CCCNC(=O)C1OCCC1C. The van der Waals surface area contributed by atoms with Crippen LogP contribution in [-0.2, 0) is 9.53 Å². The lowest BCUT2D eigenvalue weighted by Gasteiger charge is -2.14. The van der Waals surface area contributed by atoms with Gasteiger partial charge in [0.15, 0.2) is 0 Å². The van der Waals surface area contributed by atoms with Crippen LogP contribution in [0.5, 0.6) is 0 Å². The molecule has 0 bridgehead atoms. The minimum absolute atomic E-state index is 0.0154. The molecule has 0 aromatic carbocycles. The first-order valence-corrected chi connectivity index (χ1v) is 6.15. The average molecular weight is 229 g/mol. The van der Waals surface area contributed by atoms with Crippen LogP contribution in [0.25, 0.3) is 0 Å². The molecule has 1 saturated heterocycles. The predicted molar refractivity (Wildman–Crippen MR) is 62.0 cm³/mol. The summed E-state index contributed by atoms with van der Waals surface area (Å²) < 4.78 is 5.37. The van der Waals surface area contributed by atoms with Gasteiger partial charge in [-0.2, -0.15) is 0 Å². The molecule has 4 heteroatoms. The van der Waals surface area contributed by atoms with Crippen molar-refractivity contribution >= 4 is 5.91 Å². The second-order valence-corrected chi connectivity index (χ2v) is 4.78. The molecule has 16 heavy (non-hydrogen) atoms. The third kappa shape index (κ3) is 4.10. The lowest BCUT2D eigenvalue weighted by Crippen LogP contribution is -2.37. The van der Waals surface area contributed by atoms with Crippen LogP contribution in [0, 0.1) is 11.8 Å². The van der Waals surface area contributed by atoms with E-state index >= 15 is 0 Å². The third-order valence-electron chi connectivity index (χ3n) is 3.13. The van der Waals surface area contributed by atoms with Crippen LogP contribution in [0.2, 0.25) is 0 Å². The molecule has 3 unspecified atom stereocenters. The maximum absolute atomic E-state index is 11.7. The fourth-order valence-corrected chi connectivity index (χ4v) is 1.88. The molecule has 1 rings (SSSR count). The summed E-state index contributed by atoms with van der Waals surface area (Å²) in [6.45, 7) is 5.64. The van der Waals surface area contributed by atoms with Crippen LogP contribution in [0.15, 0.2) is 0 Å². The Kier molecular flexibility index (Phi) is 5.77. The summed E-state index contributed by atoms with van der Waals surface area (Å²) in [7, 11) is 0. The maximum Gasteiger partial charge on any atom is 0.249 e. The van der Waals surface area contributed by atoms with Gasteiger partial charge in [0, 0.05) is 19.8 Å². The maximum atomic E-state index is 11.7. The van der Waals surface area contributed by atoms with Gasteiger partial charge in [-0.05, 0) is 31.1 Å². The molecule has 1 fully saturated rings. The van der Waals surface area contributed by atoms with Gasteiger partial charge in [-0.3, -0.25) is 4.79 Å². The lowest BCUT2D eigenvalue weighted by atomic mass is 10.0. The van der Waals surface area contributed by atoms with E-state index in [-0.39, 0.29) is 18.6 Å². The molecule has 0 aliphatic carbocycles. The minimum atomic E-state index is -0.254. The summed E-state index contributed by atoms with van der Waals surface area (Å²) >= 11 is 0.